The van der Waals surface area contributed by atoms with Gasteiger partial charge in [0.25, 0.3) is 5.89 Å². The molecule has 20 heavy (non-hydrogen) atoms. The lowest BCUT2D eigenvalue weighted by molar-refractivity contribution is 0.387. The summed E-state index contributed by atoms with van der Waals surface area (Å²) in [5.74, 6) is 2.60. The van der Waals surface area contributed by atoms with Crippen molar-refractivity contribution in [1.29, 1.82) is 0 Å². The molecular formula is C13H12N4O3. The van der Waals surface area contributed by atoms with Gasteiger partial charge in [-0.3, -0.25) is 0 Å². The number of nitrogens with zero attached hydrogens (tertiary/aromatic N) is 4. The molecule has 102 valence electrons. The Bertz CT molecular complexity index is 720. The van der Waals surface area contributed by atoms with Crippen molar-refractivity contribution < 1.29 is 13.8 Å². The van der Waals surface area contributed by atoms with Crippen molar-refractivity contribution in [3.8, 4) is 17.2 Å². The molecule has 1 aromatic carbocycles. The molecule has 3 aromatic rings. The average Bonchev–Trinajstić information content (AvgIpc) is 3.08. The van der Waals surface area contributed by atoms with E-state index < -0.39 is 0 Å². The fourth-order valence-corrected chi connectivity index (χ4v) is 1.81. The minimum absolute atomic E-state index is 0.357. The summed E-state index contributed by atoms with van der Waals surface area (Å²) in [7, 11) is 1.60. The summed E-state index contributed by atoms with van der Waals surface area (Å²) < 4.78 is 15.4. The summed E-state index contributed by atoms with van der Waals surface area (Å²) in [4.78, 5) is 8.41. The van der Waals surface area contributed by atoms with Gasteiger partial charge >= 0.3 is 0 Å². The molecule has 0 amide bonds. The highest BCUT2D eigenvalue weighted by Crippen LogP contribution is 2.28. The third kappa shape index (κ3) is 2.37. The van der Waals surface area contributed by atoms with Gasteiger partial charge in [-0.1, -0.05) is 22.4 Å². The molecule has 0 radical (unpaired) electrons. The average molecular weight is 272 g/mol. The molecular weight excluding hydrogens is 260 g/mol. The first-order chi connectivity index (χ1) is 9.76. The number of hydrogen-bond donors (Lipinski definition) is 0. The Morgan fingerprint density at radius 2 is 1.80 bits per heavy atom. The molecule has 0 saturated heterocycles. The van der Waals surface area contributed by atoms with E-state index in [4.69, 9.17) is 13.8 Å². The highest BCUT2D eigenvalue weighted by molar-refractivity contribution is 5.62. The number of rotatable bonds is 4. The van der Waals surface area contributed by atoms with E-state index in [0.717, 1.165) is 5.56 Å². The predicted molar refractivity (Wildman–Crippen MR) is 68.1 cm³/mol. The molecule has 0 unspecified atom stereocenters. The quantitative estimate of drug-likeness (QED) is 0.718. The van der Waals surface area contributed by atoms with E-state index in [1.165, 1.54) is 0 Å². The van der Waals surface area contributed by atoms with Gasteiger partial charge in [0.15, 0.2) is 11.6 Å². The largest absolute Gasteiger partial charge is 0.496 e. The van der Waals surface area contributed by atoms with Gasteiger partial charge in [-0.25, -0.2) is 0 Å². The van der Waals surface area contributed by atoms with E-state index in [0.29, 0.717) is 35.6 Å². The fourth-order valence-electron chi connectivity index (χ4n) is 1.81. The lowest BCUT2D eigenvalue weighted by Crippen LogP contribution is -1.93. The predicted octanol–water partition coefficient (Wildman–Crippen LogP) is 2.03. The molecule has 2 aromatic heterocycles. The topological polar surface area (TPSA) is 87.1 Å². The molecule has 0 aliphatic carbocycles. The summed E-state index contributed by atoms with van der Waals surface area (Å²) in [6.07, 6.45) is 0.357. The van der Waals surface area contributed by atoms with Gasteiger partial charge in [-0.2, -0.15) is 9.97 Å². The Hall–Kier alpha value is -2.70. The second-order valence-corrected chi connectivity index (χ2v) is 4.12. The van der Waals surface area contributed by atoms with E-state index in [9.17, 15) is 0 Å². The van der Waals surface area contributed by atoms with Gasteiger partial charge in [0, 0.05) is 6.92 Å². The normalized spacial score (nSPS) is 10.7. The monoisotopic (exact) mass is 272 g/mol. The van der Waals surface area contributed by atoms with E-state index in [2.05, 4.69) is 20.3 Å². The Balaban J connectivity index is 1.86. The molecule has 0 bridgehead atoms. The fraction of sp³-hybridized carbons (Fsp3) is 0.231. The van der Waals surface area contributed by atoms with Gasteiger partial charge < -0.3 is 13.8 Å². The van der Waals surface area contributed by atoms with Crippen molar-refractivity contribution in [2.75, 3.05) is 7.11 Å². The highest BCUT2D eigenvalue weighted by Gasteiger charge is 2.15. The Morgan fingerprint density at radius 3 is 2.55 bits per heavy atom. The van der Waals surface area contributed by atoms with Gasteiger partial charge in [-0.15, -0.1) is 0 Å². The van der Waals surface area contributed by atoms with Crippen LogP contribution in [0.4, 0.5) is 0 Å². The minimum atomic E-state index is 0.357. The number of aromatic nitrogens is 4. The zero-order chi connectivity index (χ0) is 13.9. The van der Waals surface area contributed by atoms with Crippen LogP contribution in [0.15, 0.2) is 33.3 Å². The van der Waals surface area contributed by atoms with Crippen LogP contribution in [0.2, 0.25) is 0 Å². The Morgan fingerprint density at radius 1 is 1.05 bits per heavy atom. The zero-order valence-corrected chi connectivity index (χ0v) is 11.0. The van der Waals surface area contributed by atoms with Crippen LogP contribution in [-0.2, 0) is 6.42 Å². The summed E-state index contributed by atoms with van der Waals surface area (Å²) in [6.45, 7) is 1.73. The molecule has 0 N–H and O–H groups in total. The Labute approximate surface area is 114 Å². The van der Waals surface area contributed by atoms with Crippen molar-refractivity contribution in [3.63, 3.8) is 0 Å². The third-order valence-corrected chi connectivity index (χ3v) is 2.69. The molecule has 0 atom stereocenters. The first kappa shape index (κ1) is 12.3. The summed E-state index contributed by atoms with van der Waals surface area (Å²) >= 11 is 0. The maximum absolute atomic E-state index is 5.26. The Kier molecular flexibility index (Phi) is 3.16. The van der Waals surface area contributed by atoms with E-state index in [-0.39, 0.29) is 0 Å². The standard InChI is InChI=1S/C13H12N4O3/c1-8-14-11(16-19-8)7-12-15-13(20-17-12)9-5-3-4-6-10(9)18-2/h3-6H,7H2,1-2H3. The van der Waals surface area contributed by atoms with Gasteiger partial charge in [0.1, 0.15) is 5.75 Å². The third-order valence-electron chi connectivity index (χ3n) is 2.69. The molecule has 2 heterocycles. The molecule has 0 aliphatic rings. The van der Waals surface area contributed by atoms with Gasteiger partial charge in [0.05, 0.1) is 19.1 Å². The van der Waals surface area contributed by atoms with Crippen molar-refractivity contribution in [2.24, 2.45) is 0 Å². The second kappa shape index (κ2) is 5.12. The van der Waals surface area contributed by atoms with Crippen molar-refractivity contribution >= 4 is 0 Å². The maximum Gasteiger partial charge on any atom is 0.261 e. The van der Waals surface area contributed by atoms with Crippen LogP contribution < -0.4 is 4.74 Å². The first-order valence-corrected chi connectivity index (χ1v) is 6.01. The first-order valence-electron chi connectivity index (χ1n) is 6.01. The second-order valence-electron chi connectivity index (χ2n) is 4.12. The van der Waals surface area contributed by atoms with Crippen LogP contribution in [0, 0.1) is 6.92 Å². The van der Waals surface area contributed by atoms with Crippen molar-refractivity contribution in [2.45, 2.75) is 13.3 Å². The highest BCUT2D eigenvalue weighted by atomic mass is 16.5. The van der Waals surface area contributed by atoms with Gasteiger partial charge in [0.2, 0.25) is 5.89 Å². The number of benzene rings is 1. The van der Waals surface area contributed by atoms with Crippen molar-refractivity contribution in [1.82, 2.24) is 20.3 Å². The maximum atomic E-state index is 5.26. The van der Waals surface area contributed by atoms with Crippen LogP contribution in [0.5, 0.6) is 5.75 Å². The zero-order valence-electron chi connectivity index (χ0n) is 11.0. The molecule has 7 heteroatoms. The van der Waals surface area contributed by atoms with Gasteiger partial charge in [-0.05, 0) is 12.1 Å². The molecule has 0 aliphatic heterocycles. The number of aryl methyl sites for hydroxylation is 1. The van der Waals surface area contributed by atoms with Crippen molar-refractivity contribution in [3.05, 3.63) is 41.8 Å². The van der Waals surface area contributed by atoms with Crippen LogP contribution >= 0.6 is 0 Å². The van der Waals surface area contributed by atoms with Crippen LogP contribution in [0.25, 0.3) is 11.5 Å². The summed E-state index contributed by atoms with van der Waals surface area (Å²) in [5.41, 5.74) is 0.748. The molecule has 0 fully saturated rings. The molecule has 3 rings (SSSR count). The number of ether oxygens (including phenoxy) is 1. The van der Waals surface area contributed by atoms with Crippen LogP contribution in [-0.4, -0.2) is 27.4 Å². The smallest absolute Gasteiger partial charge is 0.261 e. The minimum Gasteiger partial charge on any atom is -0.496 e. The molecule has 0 spiro atoms. The number of hydrogen-bond acceptors (Lipinski definition) is 7. The van der Waals surface area contributed by atoms with E-state index in [1.807, 2.05) is 24.3 Å². The number of methoxy groups -OCH3 is 1. The lowest BCUT2D eigenvalue weighted by Gasteiger charge is -2.02. The lowest BCUT2D eigenvalue weighted by atomic mass is 10.2. The SMILES string of the molecule is COc1ccccc1-c1nc(Cc2noc(C)n2)no1. The molecule has 0 saturated carbocycles. The van der Waals surface area contributed by atoms with E-state index >= 15 is 0 Å². The van der Waals surface area contributed by atoms with Crippen LogP contribution in [0.3, 0.4) is 0 Å². The van der Waals surface area contributed by atoms with Crippen LogP contribution in [0.1, 0.15) is 17.5 Å². The summed E-state index contributed by atoms with van der Waals surface area (Å²) in [6, 6.07) is 7.45. The molecule has 7 nitrogen and oxygen atoms in total. The van der Waals surface area contributed by atoms with E-state index in [1.54, 1.807) is 14.0 Å². The summed E-state index contributed by atoms with van der Waals surface area (Å²) in [5, 5.41) is 7.70. The number of para-hydroxylation sites is 1.